The molecule has 2 aliphatic heterocycles. The molecule has 0 spiro atoms. The third-order valence-corrected chi connectivity index (χ3v) is 8.06. The van der Waals surface area contributed by atoms with E-state index in [2.05, 4.69) is 36.1 Å². The van der Waals surface area contributed by atoms with Crippen molar-refractivity contribution in [3.8, 4) is 22.9 Å². The van der Waals surface area contributed by atoms with Crippen molar-refractivity contribution in [2.45, 2.75) is 53.2 Å². The van der Waals surface area contributed by atoms with E-state index in [4.69, 9.17) is 14.5 Å². The maximum atomic E-state index is 11.9. The van der Waals surface area contributed by atoms with E-state index in [0.29, 0.717) is 49.9 Å². The first kappa shape index (κ1) is 27.5. The van der Waals surface area contributed by atoms with Crippen molar-refractivity contribution < 1.29 is 24.2 Å². The highest BCUT2D eigenvalue weighted by molar-refractivity contribution is 5.78. The summed E-state index contributed by atoms with van der Waals surface area (Å²) in [7, 11) is 1.64. The molecule has 2 aliphatic rings. The molecular formula is C29H38N6O5. The zero-order valence-electron chi connectivity index (χ0n) is 24.0. The number of methoxy groups -OCH3 is 1. The summed E-state index contributed by atoms with van der Waals surface area (Å²) >= 11 is 0. The fourth-order valence-corrected chi connectivity index (χ4v) is 5.64. The summed E-state index contributed by atoms with van der Waals surface area (Å²) < 4.78 is 14.0. The molecular weight excluding hydrogens is 512 g/mol. The lowest BCUT2D eigenvalue weighted by Gasteiger charge is -2.46. The summed E-state index contributed by atoms with van der Waals surface area (Å²) in [6, 6.07) is 5.78. The maximum absolute atomic E-state index is 11.9. The minimum Gasteiger partial charge on any atom is -0.495 e. The van der Waals surface area contributed by atoms with Crippen LogP contribution >= 0.6 is 0 Å². The van der Waals surface area contributed by atoms with Gasteiger partial charge in [0.05, 0.1) is 36.9 Å². The lowest BCUT2D eigenvalue weighted by molar-refractivity contribution is -0.119. The van der Waals surface area contributed by atoms with Crippen LogP contribution in [0, 0.1) is 18.3 Å². The van der Waals surface area contributed by atoms with Gasteiger partial charge in [0.2, 0.25) is 11.8 Å². The Hall–Kier alpha value is -4.02. The number of carbonyl (C=O) groups excluding carboxylic acids is 1. The van der Waals surface area contributed by atoms with E-state index in [1.807, 2.05) is 38.2 Å². The van der Waals surface area contributed by atoms with Crippen LogP contribution in [0.2, 0.25) is 0 Å². The van der Waals surface area contributed by atoms with E-state index in [9.17, 15) is 14.7 Å². The van der Waals surface area contributed by atoms with E-state index in [1.54, 1.807) is 22.7 Å². The number of carboxylic acid groups (broad SMARTS) is 1. The van der Waals surface area contributed by atoms with E-state index in [0.717, 1.165) is 22.3 Å². The molecule has 0 saturated carbocycles. The predicted molar refractivity (Wildman–Crippen MR) is 151 cm³/mol. The minimum absolute atomic E-state index is 0.0400. The molecule has 3 atom stereocenters. The van der Waals surface area contributed by atoms with E-state index in [-0.39, 0.29) is 29.4 Å². The van der Waals surface area contributed by atoms with Crippen LogP contribution in [-0.4, -0.2) is 82.0 Å². The molecule has 11 nitrogen and oxygen atoms in total. The van der Waals surface area contributed by atoms with Crippen molar-refractivity contribution in [3.63, 3.8) is 0 Å². The Kier molecular flexibility index (Phi) is 7.24. The minimum atomic E-state index is -0.889. The topological polar surface area (TPSA) is 122 Å². The molecule has 2 N–H and O–H groups in total. The van der Waals surface area contributed by atoms with Gasteiger partial charge in [0.15, 0.2) is 0 Å². The standard InChI is InChI=1S/C29H38N6O5/c1-17-13-31-35-15-21(32-27(26(17)35)40-18(2)20-12-25(36)30-14-20)19-7-8-22(23(11-19)39-6)33-9-10-34(28(37)38)24(16-33)29(3,4)5/h7-8,11,13,15,18,20,24H,9-10,12,14,16H2,1-6H3,(H,30,36)(H,37,38)/t18-,20-,24?/m1/s1. The molecule has 2 saturated heterocycles. The first-order valence-electron chi connectivity index (χ1n) is 13.7. The van der Waals surface area contributed by atoms with Crippen LogP contribution in [0.5, 0.6) is 11.6 Å². The van der Waals surface area contributed by atoms with Crippen molar-refractivity contribution in [2.24, 2.45) is 11.3 Å². The van der Waals surface area contributed by atoms with Gasteiger partial charge in [0.25, 0.3) is 0 Å². The Morgan fingerprint density at radius 3 is 2.67 bits per heavy atom. The van der Waals surface area contributed by atoms with Gasteiger partial charge in [-0.15, -0.1) is 0 Å². The Bertz CT molecular complexity index is 1430. The Morgan fingerprint density at radius 2 is 2.02 bits per heavy atom. The monoisotopic (exact) mass is 550 g/mol. The van der Waals surface area contributed by atoms with Crippen LogP contribution in [0.3, 0.4) is 0 Å². The van der Waals surface area contributed by atoms with Crippen molar-refractivity contribution in [1.82, 2.24) is 24.8 Å². The highest BCUT2D eigenvalue weighted by Crippen LogP contribution is 2.37. The lowest BCUT2D eigenvalue weighted by Crippen LogP contribution is -2.59. The number of hydrogen-bond donors (Lipinski definition) is 2. The average Bonchev–Trinajstić information content (AvgIpc) is 3.53. The second kappa shape index (κ2) is 10.5. The summed E-state index contributed by atoms with van der Waals surface area (Å²) in [6.07, 6.45) is 2.99. The van der Waals surface area contributed by atoms with Gasteiger partial charge in [0, 0.05) is 49.6 Å². The molecule has 214 valence electrons. The molecule has 1 aromatic carbocycles. The quantitative estimate of drug-likeness (QED) is 0.475. The van der Waals surface area contributed by atoms with Crippen molar-refractivity contribution in [3.05, 3.63) is 36.2 Å². The number of carbonyl (C=O) groups is 2. The SMILES string of the molecule is COc1cc(-c2cn3ncc(C)c3c(O[C@H](C)[C@H]3CNC(=O)C3)n2)ccc1N1CCN(C(=O)O)C(C(C)(C)C)C1. The predicted octanol–water partition coefficient (Wildman–Crippen LogP) is 3.83. The number of fused-ring (bicyclic) bond motifs is 1. The van der Waals surface area contributed by atoms with Gasteiger partial charge >= 0.3 is 6.09 Å². The number of aryl methyl sites for hydroxylation is 1. The first-order valence-corrected chi connectivity index (χ1v) is 13.7. The van der Waals surface area contributed by atoms with Gasteiger partial charge in [-0.1, -0.05) is 26.8 Å². The lowest BCUT2D eigenvalue weighted by atomic mass is 9.84. The molecule has 0 aliphatic carbocycles. The number of amides is 2. The van der Waals surface area contributed by atoms with Crippen molar-refractivity contribution in [1.29, 1.82) is 0 Å². The normalized spacial score (nSPS) is 20.5. The zero-order chi connectivity index (χ0) is 28.8. The number of anilines is 1. The van der Waals surface area contributed by atoms with Crippen LogP contribution in [0.1, 0.15) is 39.7 Å². The van der Waals surface area contributed by atoms with Crippen LogP contribution < -0.4 is 19.7 Å². The molecule has 11 heteroatoms. The summed E-state index contributed by atoms with van der Waals surface area (Å²) in [5, 5.41) is 17.1. The second-order valence-electron chi connectivity index (χ2n) is 11.8. The van der Waals surface area contributed by atoms with E-state index >= 15 is 0 Å². The van der Waals surface area contributed by atoms with Gasteiger partial charge in [-0.3, -0.25) is 4.79 Å². The van der Waals surface area contributed by atoms with Gasteiger partial charge in [-0.05, 0) is 31.4 Å². The number of ether oxygens (including phenoxy) is 2. The molecule has 40 heavy (non-hydrogen) atoms. The van der Waals surface area contributed by atoms with Gasteiger partial charge in [-0.2, -0.15) is 5.10 Å². The third-order valence-electron chi connectivity index (χ3n) is 8.06. The fourth-order valence-electron chi connectivity index (χ4n) is 5.64. The Morgan fingerprint density at radius 1 is 1.25 bits per heavy atom. The number of benzene rings is 1. The average molecular weight is 551 g/mol. The number of rotatable bonds is 6. The molecule has 2 amide bonds. The van der Waals surface area contributed by atoms with Gasteiger partial charge in [-0.25, -0.2) is 14.3 Å². The molecule has 2 aromatic heterocycles. The second-order valence-corrected chi connectivity index (χ2v) is 11.8. The van der Waals surface area contributed by atoms with Crippen LogP contribution in [-0.2, 0) is 4.79 Å². The summed E-state index contributed by atoms with van der Waals surface area (Å²) in [5.74, 6) is 1.26. The molecule has 0 radical (unpaired) electrons. The van der Waals surface area contributed by atoms with E-state index < -0.39 is 6.09 Å². The number of hydrogen-bond acceptors (Lipinski definition) is 7. The number of aromatic nitrogens is 3. The van der Waals surface area contributed by atoms with Crippen molar-refractivity contribution in [2.75, 3.05) is 38.2 Å². The smallest absolute Gasteiger partial charge is 0.407 e. The molecule has 2 fully saturated rings. The Balaban J connectivity index is 1.46. The summed E-state index contributed by atoms with van der Waals surface area (Å²) in [4.78, 5) is 32.3. The summed E-state index contributed by atoms with van der Waals surface area (Å²) in [5.41, 5.74) is 3.93. The van der Waals surface area contributed by atoms with Crippen molar-refractivity contribution >= 4 is 23.2 Å². The summed E-state index contributed by atoms with van der Waals surface area (Å²) in [6.45, 7) is 12.3. The molecule has 4 heterocycles. The van der Waals surface area contributed by atoms with Gasteiger partial charge < -0.3 is 29.7 Å². The van der Waals surface area contributed by atoms with Crippen LogP contribution in [0.15, 0.2) is 30.6 Å². The maximum Gasteiger partial charge on any atom is 0.407 e. The zero-order valence-corrected chi connectivity index (χ0v) is 24.0. The van der Waals surface area contributed by atoms with E-state index in [1.165, 1.54) is 0 Å². The number of nitrogens with one attached hydrogen (secondary N) is 1. The Labute approximate surface area is 234 Å². The number of piperazine rings is 1. The number of nitrogens with zero attached hydrogens (tertiary/aromatic N) is 5. The van der Waals surface area contributed by atoms with Gasteiger partial charge in [0.1, 0.15) is 17.4 Å². The van der Waals surface area contributed by atoms with Crippen LogP contribution in [0.25, 0.3) is 16.8 Å². The molecule has 5 rings (SSSR count). The highest BCUT2D eigenvalue weighted by atomic mass is 16.5. The molecule has 1 unspecified atom stereocenters. The molecule has 0 bridgehead atoms. The molecule has 3 aromatic rings. The fraction of sp³-hybridized carbons (Fsp3) is 0.517. The highest BCUT2D eigenvalue weighted by Gasteiger charge is 2.38. The largest absolute Gasteiger partial charge is 0.495 e. The van der Waals surface area contributed by atoms with Crippen LogP contribution in [0.4, 0.5) is 10.5 Å². The third kappa shape index (κ3) is 5.24. The first-order chi connectivity index (χ1) is 19.0.